The third kappa shape index (κ3) is 3.19. The number of ether oxygens (including phenoxy) is 1. The minimum absolute atomic E-state index is 0.190. The molecule has 1 aliphatic heterocycles. The van der Waals surface area contributed by atoms with Gasteiger partial charge in [0, 0.05) is 12.0 Å². The molecule has 0 fully saturated rings. The van der Waals surface area contributed by atoms with E-state index in [4.69, 9.17) is 4.74 Å². The van der Waals surface area contributed by atoms with Gasteiger partial charge >= 0.3 is 0 Å². The molecule has 90 valence electrons. The van der Waals surface area contributed by atoms with Crippen molar-refractivity contribution in [1.29, 1.82) is 0 Å². The number of carbonyl (C=O) groups excluding carboxylic acids is 1. The van der Waals surface area contributed by atoms with Gasteiger partial charge in [0.15, 0.2) is 5.78 Å². The van der Waals surface area contributed by atoms with Crippen molar-refractivity contribution in [2.45, 2.75) is 33.1 Å². The van der Waals surface area contributed by atoms with Crippen molar-refractivity contribution in [2.24, 2.45) is 0 Å². The second kappa shape index (κ2) is 5.17. The van der Waals surface area contributed by atoms with Gasteiger partial charge in [-0.3, -0.25) is 4.79 Å². The Hall–Kier alpha value is -1.57. The zero-order chi connectivity index (χ0) is 12.3. The standard InChI is InChI=1S/C15H18O2/c1-11-6-12(2)8-13(7-11)9-15(16)14-4-3-5-17-10-14/h6-8,10H,3-5,9H2,1-2H3. The fourth-order valence-electron chi connectivity index (χ4n) is 2.24. The Balaban J connectivity index is 2.09. The number of ketones is 1. The molecule has 0 saturated carbocycles. The van der Waals surface area contributed by atoms with Crippen LogP contribution in [-0.4, -0.2) is 12.4 Å². The van der Waals surface area contributed by atoms with Crippen molar-refractivity contribution in [3.63, 3.8) is 0 Å². The first-order valence-electron chi connectivity index (χ1n) is 6.06. The van der Waals surface area contributed by atoms with Crippen molar-refractivity contribution in [1.82, 2.24) is 0 Å². The highest BCUT2D eigenvalue weighted by molar-refractivity contribution is 5.96. The van der Waals surface area contributed by atoms with Crippen LogP contribution < -0.4 is 0 Å². The molecular formula is C15H18O2. The van der Waals surface area contributed by atoms with E-state index in [0.717, 1.165) is 30.6 Å². The van der Waals surface area contributed by atoms with E-state index in [-0.39, 0.29) is 5.78 Å². The molecule has 0 saturated heterocycles. The maximum absolute atomic E-state index is 12.0. The van der Waals surface area contributed by atoms with Crippen molar-refractivity contribution in [3.05, 3.63) is 46.7 Å². The van der Waals surface area contributed by atoms with Crippen LogP contribution in [0.5, 0.6) is 0 Å². The molecule has 1 heterocycles. The van der Waals surface area contributed by atoms with E-state index in [9.17, 15) is 4.79 Å². The van der Waals surface area contributed by atoms with E-state index in [2.05, 4.69) is 32.0 Å². The summed E-state index contributed by atoms with van der Waals surface area (Å²) in [5, 5.41) is 0. The van der Waals surface area contributed by atoms with Crippen molar-refractivity contribution < 1.29 is 9.53 Å². The second-order valence-electron chi connectivity index (χ2n) is 4.71. The second-order valence-corrected chi connectivity index (χ2v) is 4.71. The molecular weight excluding hydrogens is 212 g/mol. The number of hydrogen-bond acceptors (Lipinski definition) is 2. The summed E-state index contributed by atoms with van der Waals surface area (Å²) in [6.45, 7) is 4.86. The Bertz CT molecular complexity index is 438. The average Bonchev–Trinajstić information content (AvgIpc) is 2.28. The maximum Gasteiger partial charge on any atom is 0.166 e. The van der Waals surface area contributed by atoms with Gasteiger partial charge in [-0.25, -0.2) is 0 Å². The summed E-state index contributed by atoms with van der Waals surface area (Å²) in [6, 6.07) is 6.28. The zero-order valence-electron chi connectivity index (χ0n) is 10.5. The molecule has 1 aromatic rings. The molecule has 0 N–H and O–H groups in total. The molecule has 0 spiro atoms. The third-order valence-electron chi connectivity index (χ3n) is 2.94. The number of carbonyl (C=O) groups is 1. The Morgan fingerprint density at radius 2 is 1.94 bits per heavy atom. The predicted octanol–water partition coefficient (Wildman–Crippen LogP) is 3.11. The van der Waals surface area contributed by atoms with Crippen molar-refractivity contribution >= 4 is 5.78 Å². The molecule has 2 heteroatoms. The van der Waals surface area contributed by atoms with Crippen LogP contribution in [0.3, 0.4) is 0 Å². The number of allylic oxidation sites excluding steroid dienone is 1. The lowest BCUT2D eigenvalue weighted by molar-refractivity contribution is -0.115. The van der Waals surface area contributed by atoms with Gasteiger partial charge in [0.25, 0.3) is 0 Å². The zero-order valence-corrected chi connectivity index (χ0v) is 10.5. The largest absolute Gasteiger partial charge is 0.501 e. The van der Waals surface area contributed by atoms with E-state index >= 15 is 0 Å². The minimum Gasteiger partial charge on any atom is -0.501 e. The predicted molar refractivity (Wildman–Crippen MR) is 67.9 cm³/mol. The fourth-order valence-corrected chi connectivity index (χ4v) is 2.24. The van der Waals surface area contributed by atoms with E-state index in [0.29, 0.717) is 6.42 Å². The summed E-state index contributed by atoms with van der Waals surface area (Å²) in [5.41, 5.74) is 4.35. The lowest BCUT2D eigenvalue weighted by Gasteiger charge is -2.13. The van der Waals surface area contributed by atoms with Gasteiger partial charge in [0.1, 0.15) is 0 Å². The summed E-state index contributed by atoms with van der Waals surface area (Å²) in [6.07, 6.45) is 3.92. The van der Waals surface area contributed by atoms with Gasteiger partial charge in [-0.1, -0.05) is 29.3 Å². The first kappa shape index (κ1) is 11.9. The molecule has 17 heavy (non-hydrogen) atoms. The Labute approximate surface area is 102 Å². The number of Topliss-reactive ketones (excluding diaryl/α,β-unsaturated/α-hetero) is 1. The van der Waals surface area contributed by atoms with E-state index < -0.39 is 0 Å². The molecule has 0 bridgehead atoms. The Morgan fingerprint density at radius 3 is 2.53 bits per heavy atom. The lowest BCUT2D eigenvalue weighted by atomic mass is 9.97. The summed E-state index contributed by atoms with van der Waals surface area (Å²) in [4.78, 5) is 12.0. The van der Waals surface area contributed by atoms with E-state index in [1.54, 1.807) is 6.26 Å². The highest BCUT2D eigenvalue weighted by Crippen LogP contribution is 2.16. The summed E-state index contributed by atoms with van der Waals surface area (Å²) in [7, 11) is 0. The van der Waals surface area contributed by atoms with Gasteiger partial charge in [0.2, 0.25) is 0 Å². The quantitative estimate of drug-likeness (QED) is 0.797. The third-order valence-corrected chi connectivity index (χ3v) is 2.94. The Kier molecular flexibility index (Phi) is 3.62. The van der Waals surface area contributed by atoms with Gasteiger partial charge in [-0.15, -0.1) is 0 Å². The summed E-state index contributed by atoms with van der Waals surface area (Å²) in [5.74, 6) is 0.190. The topological polar surface area (TPSA) is 26.3 Å². The van der Waals surface area contributed by atoms with Crippen molar-refractivity contribution in [2.75, 3.05) is 6.61 Å². The number of rotatable bonds is 3. The average molecular weight is 230 g/mol. The minimum atomic E-state index is 0.190. The first-order chi connectivity index (χ1) is 8.15. The number of benzene rings is 1. The van der Waals surface area contributed by atoms with Gasteiger partial charge < -0.3 is 4.74 Å². The molecule has 2 rings (SSSR count). The van der Waals surface area contributed by atoms with E-state index in [1.165, 1.54) is 11.1 Å². The highest BCUT2D eigenvalue weighted by atomic mass is 16.5. The van der Waals surface area contributed by atoms with Gasteiger partial charge in [-0.05, 0) is 32.3 Å². The molecule has 0 radical (unpaired) electrons. The van der Waals surface area contributed by atoms with Crippen LogP contribution in [0.15, 0.2) is 30.0 Å². The van der Waals surface area contributed by atoms with Crippen LogP contribution in [0.4, 0.5) is 0 Å². The number of hydrogen-bond donors (Lipinski definition) is 0. The summed E-state index contributed by atoms with van der Waals surface area (Å²) < 4.78 is 5.21. The molecule has 0 atom stereocenters. The maximum atomic E-state index is 12.0. The molecule has 0 unspecified atom stereocenters. The van der Waals surface area contributed by atoms with Crippen LogP contribution in [0.25, 0.3) is 0 Å². The smallest absolute Gasteiger partial charge is 0.166 e. The van der Waals surface area contributed by atoms with Crippen molar-refractivity contribution in [3.8, 4) is 0 Å². The molecule has 0 aliphatic carbocycles. The fraction of sp³-hybridized carbons (Fsp3) is 0.400. The van der Waals surface area contributed by atoms with Crippen LogP contribution in [-0.2, 0) is 16.0 Å². The molecule has 2 nitrogen and oxygen atoms in total. The van der Waals surface area contributed by atoms with Crippen LogP contribution >= 0.6 is 0 Å². The summed E-state index contributed by atoms with van der Waals surface area (Å²) >= 11 is 0. The van der Waals surface area contributed by atoms with Gasteiger partial charge in [0.05, 0.1) is 12.9 Å². The monoisotopic (exact) mass is 230 g/mol. The first-order valence-corrected chi connectivity index (χ1v) is 6.06. The van der Waals surface area contributed by atoms with E-state index in [1.807, 2.05) is 0 Å². The molecule has 1 aliphatic rings. The van der Waals surface area contributed by atoms with Gasteiger partial charge in [-0.2, -0.15) is 0 Å². The van der Waals surface area contributed by atoms with Crippen LogP contribution in [0.2, 0.25) is 0 Å². The Morgan fingerprint density at radius 1 is 1.24 bits per heavy atom. The SMILES string of the molecule is Cc1cc(C)cc(CC(=O)C2=COCCC2)c1. The molecule has 1 aromatic carbocycles. The molecule has 0 aromatic heterocycles. The van der Waals surface area contributed by atoms with Crippen LogP contribution in [0.1, 0.15) is 29.5 Å². The normalized spacial score (nSPS) is 15.1. The number of aryl methyl sites for hydroxylation is 2. The molecule has 0 amide bonds. The highest BCUT2D eigenvalue weighted by Gasteiger charge is 2.13. The lowest BCUT2D eigenvalue weighted by Crippen LogP contribution is -2.11. The van der Waals surface area contributed by atoms with Crippen LogP contribution in [0, 0.1) is 13.8 Å².